The van der Waals surface area contributed by atoms with Gasteiger partial charge in [-0.05, 0) is 55.3 Å². The van der Waals surface area contributed by atoms with Crippen LogP contribution in [0.25, 0.3) is 0 Å². The maximum absolute atomic E-state index is 13.6. The van der Waals surface area contributed by atoms with Crippen LogP contribution < -0.4 is 4.90 Å². The van der Waals surface area contributed by atoms with Gasteiger partial charge in [0.2, 0.25) is 5.91 Å². The van der Waals surface area contributed by atoms with Crippen LogP contribution in [-0.2, 0) is 16.1 Å². The Hall–Kier alpha value is -3.80. The first-order chi connectivity index (χ1) is 15.3. The highest BCUT2D eigenvalue weighted by molar-refractivity contribution is 6.23. The standard InChI is InChI=1S/C26H23FN2O3/c1-17-7-9-19(10-8-17)16-28(25(31)22-6-4-3-5-18(22)2)23-15-24(30)29(26(23)32)21-13-11-20(27)12-14-21/h3-14,23H,15-16H2,1-2H3. The molecule has 1 aliphatic heterocycles. The van der Waals surface area contributed by atoms with Crippen LogP contribution in [0.1, 0.15) is 33.5 Å². The molecule has 3 aromatic rings. The van der Waals surface area contributed by atoms with Crippen LogP contribution in [0.15, 0.2) is 72.8 Å². The molecule has 0 radical (unpaired) electrons. The van der Waals surface area contributed by atoms with E-state index < -0.39 is 23.7 Å². The van der Waals surface area contributed by atoms with Gasteiger partial charge in [-0.1, -0.05) is 48.0 Å². The Morgan fingerprint density at radius 1 is 0.969 bits per heavy atom. The van der Waals surface area contributed by atoms with E-state index in [1.54, 1.807) is 12.1 Å². The molecule has 3 aromatic carbocycles. The van der Waals surface area contributed by atoms with Crippen LogP contribution in [0.3, 0.4) is 0 Å². The van der Waals surface area contributed by atoms with E-state index in [0.29, 0.717) is 11.3 Å². The third-order valence-electron chi connectivity index (χ3n) is 5.69. The molecule has 0 bridgehead atoms. The first kappa shape index (κ1) is 21.4. The number of aryl methyl sites for hydroxylation is 2. The van der Waals surface area contributed by atoms with Gasteiger partial charge in [0.05, 0.1) is 12.1 Å². The fraction of sp³-hybridized carbons (Fsp3) is 0.192. The third kappa shape index (κ3) is 4.17. The monoisotopic (exact) mass is 430 g/mol. The van der Waals surface area contributed by atoms with E-state index >= 15 is 0 Å². The Morgan fingerprint density at radius 2 is 1.62 bits per heavy atom. The van der Waals surface area contributed by atoms with Crippen molar-refractivity contribution in [2.45, 2.75) is 32.9 Å². The van der Waals surface area contributed by atoms with Gasteiger partial charge in [0.25, 0.3) is 11.8 Å². The van der Waals surface area contributed by atoms with E-state index in [0.717, 1.165) is 21.6 Å². The Balaban J connectivity index is 1.70. The summed E-state index contributed by atoms with van der Waals surface area (Å²) >= 11 is 0. The quantitative estimate of drug-likeness (QED) is 0.563. The van der Waals surface area contributed by atoms with Crippen LogP contribution in [0, 0.1) is 19.7 Å². The Bertz CT molecular complexity index is 1170. The smallest absolute Gasteiger partial charge is 0.257 e. The number of rotatable bonds is 5. The average Bonchev–Trinajstić information content (AvgIpc) is 3.07. The van der Waals surface area contributed by atoms with E-state index in [1.807, 2.05) is 50.2 Å². The third-order valence-corrected chi connectivity index (χ3v) is 5.69. The molecule has 162 valence electrons. The molecule has 5 nitrogen and oxygen atoms in total. The van der Waals surface area contributed by atoms with Gasteiger partial charge < -0.3 is 4.90 Å². The molecule has 1 atom stereocenters. The van der Waals surface area contributed by atoms with Gasteiger partial charge in [-0.3, -0.25) is 14.4 Å². The molecule has 1 aliphatic rings. The summed E-state index contributed by atoms with van der Waals surface area (Å²) in [5.74, 6) is -1.68. The summed E-state index contributed by atoms with van der Waals surface area (Å²) in [5, 5.41) is 0. The second-order valence-electron chi connectivity index (χ2n) is 8.00. The molecule has 0 spiro atoms. The van der Waals surface area contributed by atoms with Crippen molar-refractivity contribution in [1.82, 2.24) is 4.90 Å². The molecule has 6 heteroatoms. The highest BCUT2D eigenvalue weighted by Crippen LogP contribution is 2.28. The fourth-order valence-electron chi connectivity index (χ4n) is 3.90. The lowest BCUT2D eigenvalue weighted by molar-refractivity contribution is -0.122. The number of carbonyl (C=O) groups excluding carboxylic acids is 3. The van der Waals surface area contributed by atoms with E-state index in [-0.39, 0.29) is 18.9 Å². The largest absolute Gasteiger partial charge is 0.322 e. The molecule has 32 heavy (non-hydrogen) atoms. The van der Waals surface area contributed by atoms with Crippen LogP contribution in [0.5, 0.6) is 0 Å². The molecule has 0 saturated carbocycles. The van der Waals surface area contributed by atoms with Gasteiger partial charge in [-0.25, -0.2) is 9.29 Å². The lowest BCUT2D eigenvalue weighted by Crippen LogP contribution is -2.45. The second kappa shape index (κ2) is 8.75. The van der Waals surface area contributed by atoms with Crippen molar-refractivity contribution in [1.29, 1.82) is 0 Å². The molecular formula is C26H23FN2O3. The molecular weight excluding hydrogens is 407 g/mol. The van der Waals surface area contributed by atoms with Crippen molar-refractivity contribution in [2.24, 2.45) is 0 Å². The molecule has 0 aromatic heterocycles. The molecule has 4 rings (SSSR count). The summed E-state index contributed by atoms with van der Waals surface area (Å²) in [6.45, 7) is 4.00. The lowest BCUT2D eigenvalue weighted by Gasteiger charge is -2.28. The number of carbonyl (C=O) groups is 3. The first-order valence-corrected chi connectivity index (χ1v) is 10.4. The molecule has 1 saturated heterocycles. The van der Waals surface area contributed by atoms with E-state index in [1.165, 1.54) is 29.2 Å². The number of benzene rings is 3. The second-order valence-corrected chi connectivity index (χ2v) is 8.00. The molecule has 3 amide bonds. The Labute approximate surface area is 186 Å². The minimum Gasteiger partial charge on any atom is -0.322 e. The summed E-state index contributed by atoms with van der Waals surface area (Å²) in [7, 11) is 0. The van der Waals surface area contributed by atoms with Gasteiger partial charge in [0.1, 0.15) is 11.9 Å². The van der Waals surface area contributed by atoms with Gasteiger partial charge >= 0.3 is 0 Å². The van der Waals surface area contributed by atoms with Crippen LogP contribution in [-0.4, -0.2) is 28.7 Å². The van der Waals surface area contributed by atoms with Crippen LogP contribution in [0.4, 0.5) is 10.1 Å². The summed E-state index contributed by atoms with van der Waals surface area (Å²) < 4.78 is 13.3. The van der Waals surface area contributed by atoms with Crippen LogP contribution in [0.2, 0.25) is 0 Å². The molecule has 1 heterocycles. The van der Waals surface area contributed by atoms with Crippen molar-refractivity contribution < 1.29 is 18.8 Å². The number of imide groups is 1. The summed E-state index contributed by atoms with van der Waals surface area (Å²) in [6.07, 6.45) is -0.125. The lowest BCUT2D eigenvalue weighted by atomic mass is 10.0. The minimum atomic E-state index is -0.944. The maximum Gasteiger partial charge on any atom is 0.257 e. The normalized spacial score (nSPS) is 15.8. The highest BCUT2D eigenvalue weighted by Gasteiger charge is 2.44. The maximum atomic E-state index is 13.6. The SMILES string of the molecule is Cc1ccc(CN(C(=O)c2ccccc2C)C2CC(=O)N(c3ccc(F)cc3)C2=O)cc1. The fourth-order valence-corrected chi connectivity index (χ4v) is 3.90. The number of hydrogen-bond donors (Lipinski definition) is 0. The Kier molecular flexibility index (Phi) is 5.86. The van der Waals surface area contributed by atoms with E-state index in [4.69, 9.17) is 0 Å². The summed E-state index contributed by atoms with van der Waals surface area (Å²) in [5.41, 5.74) is 3.51. The summed E-state index contributed by atoms with van der Waals surface area (Å²) in [4.78, 5) is 42.2. The minimum absolute atomic E-state index is 0.125. The molecule has 1 unspecified atom stereocenters. The van der Waals surface area contributed by atoms with Crippen molar-refractivity contribution in [3.63, 3.8) is 0 Å². The van der Waals surface area contributed by atoms with Crippen molar-refractivity contribution in [3.8, 4) is 0 Å². The predicted molar refractivity (Wildman–Crippen MR) is 120 cm³/mol. The number of nitrogens with zero attached hydrogens (tertiary/aromatic N) is 2. The molecule has 0 aliphatic carbocycles. The zero-order valence-electron chi connectivity index (χ0n) is 17.9. The van der Waals surface area contributed by atoms with Crippen molar-refractivity contribution in [3.05, 3.63) is 101 Å². The topological polar surface area (TPSA) is 57.7 Å². The van der Waals surface area contributed by atoms with Gasteiger partial charge in [-0.2, -0.15) is 0 Å². The number of amides is 3. The van der Waals surface area contributed by atoms with Crippen molar-refractivity contribution >= 4 is 23.4 Å². The van der Waals surface area contributed by atoms with E-state index in [2.05, 4.69) is 0 Å². The zero-order chi connectivity index (χ0) is 22.8. The van der Waals surface area contributed by atoms with Gasteiger partial charge in [-0.15, -0.1) is 0 Å². The molecule has 1 fully saturated rings. The highest BCUT2D eigenvalue weighted by atomic mass is 19.1. The zero-order valence-corrected chi connectivity index (χ0v) is 17.9. The van der Waals surface area contributed by atoms with Crippen LogP contribution >= 0.6 is 0 Å². The molecule has 0 N–H and O–H groups in total. The first-order valence-electron chi connectivity index (χ1n) is 10.4. The number of anilines is 1. The number of halogens is 1. The Morgan fingerprint density at radius 3 is 2.28 bits per heavy atom. The van der Waals surface area contributed by atoms with Gasteiger partial charge in [0.15, 0.2) is 0 Å². The van der Waals surface area contributed by atoms with Crippen molar-refractivity contribution in [2.75, 3.05) is 4.90 Å². The average molecular weight is 430 g/mol. The van der Waals surface area contributed by atoms with Gasteiger partial charge in [0, 0.05) is 12.1 Å². The predicted octanol–water partition coefficient (Wildman–Crippen LogP) is 4.42. The number of hydrogen-bond acceptors (Lipinski definition) is 3. The summed E-state index contributed by atoms with van der Waals surface area (Å²) in [6, 6.07) is 19.1. The van der Waals surface area contributed by atoms with E-state index in [9.17, 15) is 18.8 Å².